The lowest BCUT2D eigenvalue weighted by molar-refractivity contribution is 0.412. The van der Waals surface area contributed by atoms with Crippen molar-refractivity contribution in [3.05, 3.63) is 48.0 Å². The molecule has 0 aliphatic carbocycles. The Morgan fingerprint density at radius 2 is 1.93 bits per heavy atom. The summed E-state index contributed by atoms with van der Waals surface area (Å²) in [6, 6.07) is 13.2. The standard InChI is InChI=1S/C22H27N3O2/c1-3-4-5-6-9-14-25-20-11-8-7-10-19(20)24-22(25)23-16-17-15-18(27-2)12-13-21(17)26/h7-8,10-13,15-16,26H,3-6,9,14H2,1-2H3/b23-16+. The maximum absolute atomic E-state index is 10.1. The maximum Gasteiger partial charge on any atom is 0.230 e. The van der Waals surface area contributed by atoms with Crippen molar-refractivity contribution in [1.82, 2.24) is 9.55 Å². The van der Waals surface area contributed by atoms with E-state index in [2.05, 4.69) is 27.5 Å². The number of hydrogen-bond donors (Lipinski definition) is 1. The number of unbranched alkanes of at least 4 members (excludes halogenated alkanes) is 4. The van der Waals surface area contributed by atoms with Gasteiger partial charge in [0.15, 0.2) is 0 Å². The van der Waals surface area contributed by atoms with Gasteiger partial charge in [-0.1, -0.05) is 44.7 Å². The molecule has 0 aliphatic rings. The van der Waals surface area contributed by atoms with Gasteiger partial charge in [-0.3, -0.25) is 0 Å². The van der Waals surface area contributed by atoms with Crippen molar-refractivity contribution in [2.75, 3.05) is 7.11 Å². The van der Waals surface area contributed by atoms with Gasteiger partial charge in [0, 0.05) is 18.3 Å². The average Bonchev–Trinajstić information content (AvgIpc) is 3.05. The Bertz CT molecular complexity index is 915. The number of phenolic OH excluding ortho intramolecular Hbond substituents is 1. The number of fused-ring (bicyclic) bond motifs is 1. The van der Waals surface area contributed by atoms with Crippen LogP contribution in [-0.4, -0.2) is 28.0 Å². The Labute approximate surface area is 160 Å². The van der Waals surface area contributed by atoms with Crippen LogP contribution in [0.4, 0.5) is 5.95 Å². The van der Waals surface area contributed by atoms with Crippen LogP contribution in [-0.2, 0) is 6.54 Å². The number of nitrogens with zero attached hydrogens (tertiary/aromatic N) is 3. The molecule has 5 heteroatoms. The van der Waals surface area contributed by atoms with Crippen molar-refractivity contribution in [2.45, 2.75) is 45.6 Å². The van der Waals surface area contributed by atoms with E-state index in [1.54, 1.807) is 31.5 Å². The van der Waals surface area contributed by atoms with Gasteiger partial charge < -0.3 is 14.4 Å². The summed E-state index contributed by atoms with van der Waals surface area (Å²) < 4.78 is 7.39. The first-order valence-electron chi connectivity index (χ1n) is 9.59. The molecule has 1 heterocycles. The maximum atomic E-state index is 10.1. The van der Waals surface area contributed by atoms with Crippen LogP contribution in [0.1, 0.15) is 44.6 Å². The highest BCUT2D eigenvalue weighted by Crippen LogP contribution is 2.25. The number of imidazole rings is 1. The molecule has 3 rings (SSSR count). The molecule has 0 saturated heterocycles. The predicted octanol–water partition coefficient (Wildman–Crippen LogP) is 5.47. The van der Waals surface area contributed by atoms with Gasteiger partial charge in [0.2, 0.25) is 5.95 Å². The summed E-state index contributed by atoms with van der Waals surface area (Å²) in [6.45, 7) is 3.12. The van der Waals surface area contributed by atoms with Gasteiger partial charge >= 0.3 is 0 Å². The largest absolute Gasteiger partial charge is 0.507 e. The van der Waals surface area contributed by atoms with E-state index in [0.717, 1.165) is 24.0 Å². The van der Waals surface area contributed by atoms with Crippen LogP contribution >= 0.6 is 0 Å². The second-order valence-electron chi connectivity index (χ2n) is 6.65. The number of benzene rings is 2. The van der Waals surface area contributed by atoms with Crippen molar-refractivity contribution < 1.29 is 9.84 Å². The molecule has 0 aliphatic heterocycles. The number of aryl methyl sites for hydroxylation is 1. The molecule has 27 heavy (non-hydrogen) atoms. The fourth-order valence-electron chi connectivity index (χ4n) is 3.15. The number of methoxy groups -OCH3 is 1. The molecule has 0 unspecified atom stereocenters. The first-order valence-corrected chi connectivity index (χ1v) is 9.59. The van der Waals surface area contributed by atoms with Gasteiger partial charge in [0.25, 0.3) is 0 Å². The molecule has 0 bridgehead atoms. The van der Waals surface area contributed by atoms with Crippen LogP contribution in [0.3, 0.4) is 0 Å². The highest BCUT2D eigenvalue weighted by molar-refractivity contribution is 5.86. The Kier molecular flexibility index (Phi) is 6.47. The van der Waals surface area contributed by atoms with Crippen LogP contribution in [0.5, 0.6) is 11.5 Å². The van der Waals surface area contributed by atoms with E-state index in [9.17, 15) is 5.11 Å². The van der Waals surface area contributed by atoms with Crippen LogP contribution in [0.25, 0.3) is 11.0 Å². The number of rotatable bonds is 9. The topological polar surface area (TPSA) is 59.6 Å². The molecule has 5 nitrogen and oxygen atoms in total. The fourth-order valence-corrected chi connectivity index (χ4v) is 3.15. The van der Waals surface area contributed by atoms with Gasteiger partial charge in [-0.15, -0.1) is 0 Å². The lowest BCUT2D eigenvalue weighted by Crippen LogP contribution is -1.98. The molecule has 0 radical (unpaired) electrons. The van der Waals surface area contributed by atoms with Crippen LogP contribution in [0.15, 0.2) is 47.5 Å². The minimum absolute atomic E-state index is 0.168. The zero-order valence-corrected chi connectivity index (χ0v) is 16.1. The van der Waals surface area contributed by atoms with Crippen molar-refractivity contribution in [1.29, 1.82) is 0 Å². The number of aromatic hydroxyl groups is 1. The normalized spacial score (nSPS) is 11.5. The summed E-state index contributed by atoms with van der Waals surface area (Å²) >= 11 is 0. The van der Waals surface area contributed by atoms with Crippen LogP contribution in [0.2, 0.25) is 0 Å². The minimum atomic E-state index is 0.168. The van der Waals surface area contributed by atoms with Gasteiger partial charge in [-0.2, -0.15) is 0 Å². The Morgan fingerprint density at radius 1 is 1.11 bits per heavy atom. The third-order valence-corrected chi connectivity index (χ3v) is 4.67. The number of aromatic nitrogens is 2. The smallest absolute Gasteiger partial charge is 0.230 e. The molecule has 0 saturated carbocycles. The zero-order valence-electron chi connectivity index (χ0n) is 16.1. The fraction of sp³-hybridized carbons (Fsp3) is 0.364. The quantitative estimate of drug-likeness (QED) is 0.404. The molecule has 0 fully saturated rings. The Hall–Kier alpha value is -2.82. The molecule has 1 N–H and O–H groups in total. The van der Waals surface area contributed by atoms with E-state index in [1.165, 1.54) is 25.7 Å². The number of para-hydroxylation sites is 2. The third-order valence-electron chi connectivity index (χ3n) is 4.67. The van der Waals surface area contributed by atoms with Crippen molar-refractivity contribution in [2.24, 2.45) is 4.99 Å². The molecule has 1 aromatic heterocycles. The highest BCUT2D eigenvalue weighted by atomic mass is 16.5. The van der Waals surface area contributed by atoms with Crippen LogP contribution in [0, 0.1) is 0 Å². The van der Waals surface area contributed by atoms with E-state index >= 15 is 0 Å². The third kappa shape index (κ3) is 4.67. The summed E-state index contributed by atoms with van der Waals surface area (Å²) in [5, 5.41) is 10.1. The molecule has 0 atom stereocenters. The number of phenols is 1. The lowest BCUT2D eigenvalue weighted by Gasteiger charge is -2.07. The van der Waals surface area contributed by atoms with Crippen molar-refractivity contribution >= 4 is 23.2 Å². The van der Waals surface area contributed by atoms with Gasteiger partial charge in [-0.25, -0.2) is 9.98 Å². The van der Waals surface area contributed by atoms with E-state index in [0.29, 0.717) is 17.3 Å². The molecule has 142 valence electrons. The molecule has 0 amide bonds. The summed E-state index contributed by atoms with van der Waals surface area (Å²) in [7, 11) is 1.60. The SMILES string of the molecule is CCCCCCCn1c(/N=C/c2cc(OC)ccc2O)nc2ccccc21. The van der Waals surface area contributed by atoms with Gasteiger partial charge in [0.1, 0.15) is 11.5 Å². The Balaban J connectivity index is 1.86. The molecule has 0 spiro atoms. The number of aliphatic imine (C=N–C) groups is 1. The van der Waals surface area contributed by atoms with E-state index < -0.39 is 0 Å². The summed E-state index contributed by atoms with van der Waals surface area (Å²) in [5.41, 5.74) is 2.64. The average molecular weight is 365 g/mol. The first-order chi connectivity index (χ1) is 13.2. The highest BCUT2D eigenvalue weighted by Gasteiger charge is 2.09. The summed E-state index contributed by atoms with van der Waals surface area (Å²) in [4.78, 5) is 9.24. The number of ether oxygens (including phenoxy) is 1. The van der Waals surface area contributed by atoms with Gasteiger partial charge in [-0.05, 0) is 36.8 Å². The molecular weight excluding hydrogens is 338 g/mol. The molecule has 3 aromatic rings. The predicted molar refractivity (Wildman–Crippen MR) is 110 cm³/mol. The lowest BCUT2D eigenvalue weighted by atomic mass is 10.1. The van der Waals surface area contributed by atoms with Crippen molar-refractivity contribution in [3.8, 4) is 11.5 Å². The monoisotopic (exact) mass is 365 g/mol. The zero-order chi connectivity index (χ0) is 19.1. The van der Waals surface area contributed by atoms with E-state index in [1.807, 2.05) is 18.2 Å². The molecule has 2 aromatic carbocycles. The first kappa shape index (κ1) is 19.0. The second-order valence-corrected chi connectivity index (χ2v) is 6.65. The van der Waals surface area contributed by atoms with Crippen LogP contribution < -0.4 is 4.74 Å². The second kappa shape index (κ2) is 9.21. The number of hydrogen-bond acceptors (Lipinski definition) is 4. The van der Waals surface area contributed by atoms with Crippen molar-refractivity contribution in [3.63, 3.8) is 0 Å². The summed E-state index contributed by atoms with van der Waals surface area (Å²) in [5.74, 6) is 1.51. The minimum Gasteiger partial charge on any atom is -0.507 e. The molecular formula is C22H27N3O2. The van der Waals surface area contributed by atoms with E-state index in [4.69, 9.17) is 4.74 Å². The van der Waals surface area contributed by atoms with Gasteiger partial charge in [0.05, 0.1) is 18.1 Å². The Morgan fingerprint density at radius 3 is 2.74 bits per heavy atom. The van der Waals surface area contributed by atoms with E-state index in [-0.39, 0.29) is 5.75 Å². The summed E-state index contributed by atoms with van der Waals surface area (Å²) in [6.07, 6.45) is 7.75.